The Morgan fingerprint density at radius 2 is 1.79 bits per heavy atom. The zero-order valence-electron chi connectivity index (χ0n) is 19.2. The summed E-state index contributed by atoms with van der Waals surface area (Å²) in [5, 5.41) is 12.4. The summed E-state index contributed by atoms with van der Waals surface area (Å²) in [6.07, 6.45) is 0.440. The van der Waals surface area contributed by atoms with Crippen LogP contribution < -0.4 is 16.0 Å². The summed E-state index contributed by atoms with van der Waals surface area (Å²) in [5.74, 6) is -0.873. The van der Waals surface area contributed by atoms with Crippen LogP contribution in [-0.4, -0.2) is 47.2 Å². The number of benzene rings is 2. The van der Waals surface area contributed by atoms with Crippen molar-refractivity contribution in [1.29, 1.82) is 0 Å². The Hall–Kier alpha value is -3.23. The minimum absolute atomic E-state index is 0.102. The van der Waals surface area contributed by atoms with Gasteiger partial charge in [0.15, 0.2) is 0 Å². The molecule has 2 atom stereocenters. The molecule has 1 saturated heterocycles. The lowest BCUT2D eigenvalue weighted by Crippen LogP contribution is -2.40. The molecule has 0 aliphatic carbocycles. The van der Waals surface area contributed by atoms with E-state index in [4.69, 9.17) is 10.5 Å². The molecule has 1 aliphatic heterocycles. The molecule has 2 aromatic carbocycles. The van der Waals surface area contributed by atoms with Gasteiger partial charge in [-0.05, 0) is 75.6 Å². The number of nitrogens with zero attached hydrogens (tertiary/aromatic N) is 1. The Labute approximate surface area is 193 Å². The molecular formula is C25H31N3O5. The molecule has 8 heteroatoms. The maximum atomic E-state index is 12.5. The first-order valence-electron chi connectivity index (χ1n) is 11.0. The van der Waals surface area contributed by atoms with Gasteiger partial charge in [0.25, 0.3) is 0 Å². The molecule has 3 rings (SSSR count). The van der Waals surface area contributed by atoms with Crippen LogP contribution >= 0.6 is 0 Å². The first-order chi connectivity index (χ1) is 15.5. The van der Waals surface area contributed by atoms with Crippen molar-refractivity contribution < 1.29 is 24.2 Å². The Morgan fingerprint density at radius 3 is 2.36 bits per heavy atom. The smallest absolute Gasteiger partial charge is 0.338 e. The van der Waals surface area contributed by atoms with Gasteiger partial charge in [-0.1, -0.05) is 12.1 Å². The average Bonchev–Trinajstić information content (AvgIpc) is 2.74. The number of carbonyl (C=O) groups is 3. The van der Waals surface area contributed by atoms with E-state index in [0.717, 1.165) is 11.3 Å². The summed E-state index contributed by atoms with van der Waals surface area (Å²) < 4.78 is 5.33. The van der Waals surface area contributed by atoms with E-state index >= 15 is 0 Å². The molecule has 176 valence electrons. The molecule has 8 nitrogen and oxygen atoms in total. The first kappa shape index (κ1) is 24.4. The molecule has 2 aromatic rings. The van der Waals surface area contributed by atoms with Crippen LogP contribution in [0.5, 0.6) is 0 Å². The number of aliphatic hydroxyl groups excluding tert-OH is 1. The lowest BCUT2D eigenvalue weighted by atomic mass is 10.0. The van der Waals surface area contributed by atoms with Crippen LogP contribution in [-0.2, 0) is 20.7 Å². The van der Waals surface area contributed by atoms with Gasteiger partial charge in [-0.2, -0.15) is 0 Å². The number of ether oxygens (including phenoxy) is 1. The van der Waals surface area contributed by atoms with Gasteiger partial charge < -0.3 is 25.8 Å². The van der Waals surface area contributed by atoms with Crippen LogP contribution in [0.1, 0.15) is 49.5 Å². The number of amides is 2. The minimum atomic E-state index is -0.770. The van der Waals surface area contributed by atoms with Crippen LogP contribution in [0.15, 0.2) is 48.5 Å². The summed E-state index contributed by atoms with van der Waals surface area (Å²) in [4.78, 5) is 38.4. The van der Waals surface area contributed by atoms with Gasteiger partial charge in [-0.3, -0.25) is 9.59 Å². The van der Waals surface area contributed by atoms with Crippen LogP contribution in [0, 0.1) is 0 Å². The number of esters is 1. The van der Waals surface area contributed by atoms with Crippen LogP contribution in [0.2, 0.25) is 0 Å². The van der Waals surface area contributed by atoms with Crippen molar-refractivity contribution in [2.24, 2.45) is 5.73 Å². The van der Waals surface area contributed by atoms with Gasteiger partial charge >= 0.3 is 5.97 Å². The van der Waals surface area contributed by atoms with Crippen LogP contribution in [0.25, 0.3) is 0 Å². The maximum Gasteiger partial charge on any atom is 0.338 e. The van der Waals surface area contributed by atoms with Crippen LogP contribution in [0.4, 0.5) is 11.4 Å². The van der Waals surface area contributed by atoms with Crippen molar-refractivity contribution in [3.8, 4) is 0 Å². The number of nitrogens with one attached hydrogen (secondary N) is 1. The molecule has 1 heterocycles. The molecule has 0 aromatic heterocycles. The van der Waals surface area contributed by atoms with Gasteiger partial charge in [-0.15, -0.1) is 0 Å². The van der Waals surface area contributed by atoms with Crippen molar-refractivity contribution in [2.45, 2.75) is 57.8 Å². The highest BCUT2D eigenvalue weighted by Gasteiger charge is 2.25. The predicted octanol–water partition coefficient (Wildman–Crippen LogP) is 2.64. The van der Waals surface area contributed by atoms with Crippen molar-refractivity contribution in [3.63, 3.8) is 0 Å². The van der Waals surface area contributed by atoms with E-state index in [1.807, 2.05) is 24.3 Å². The third kappa shape index (κ3) is 6.87. The van der Waals surface area contributed by atoms with E-state index in [2.05, 4.69) is 5.32 Å². The molecule has 1 unspecified atom stereocenters. The van der Waals surface area contributed by atoms with E-state index in [0.29, 0.717) is 30.6 Å². The first-order valence-corrected chi connectivity index (χ1v) is 11.0. The van der Waals surface area contributed by atoms with Gasteiger partial charge in [0.05, 0.1) is 24.1 Å². The zero-order valence-corrected chi connectivity index (χ0v) is 19.2. The lowest BCUT2D eigenvalue weighted by molar-refractivity contribution is -0.122. The second-order valence-electron chi connectivity index (χ2n) is 9.24. The molecule has 4 N–H and O–H groups in total. The average molecular weight is 454 g/mol. The summed E-state index contributed by atoms with van der Waals surface area (Å²) in [5.41, 5.74) is 8.06. The second kappa shape index (κ2) is 10.1. The Morgan fingerprint density at radius 1 is 1.15 bits per heavy atom. The number of rotatable bonds is 6. The van der Waals surface area contributed by atoms with E-state index in [9.17, 15) is 19.5 Å². The molecule has 2 amide bonds. The van der Waals surface area contributed by atoms with Crippen molar-refractivity contribution in [2.75, 3.05) is 16.8 Å². The Balaban J connectivity index is 1.54. The molecule has 33 heavy (non-hydrogen) atoms. The fourth-order valence-corrected chi connectivity index (χ4v) is 3.51. The van der Waals surface area contributed by atoms with Gasteiger partial charge in [0.1, 0.15) is 5.60 Å². The van der Waals surface area contributed by atoms with E-state index in [1.54, 1.807) is 49.9 Å². The predicted molar refractivity (Wildman–Crippen MR) is 126 cm³/mol. The van der Waals surface area contributed by atoms with E-state index in [1.165, 1.54) is 0 Å². The van der Waals surface area contributed by atoms with Gasteiger partial charge in [-0.25, -0.2) is 4.79 Å². The maximum absolute atomic E-state index is 12.5. The van der Waals surface area contributed by atoms with E-state index in [-0.39, 0.29) is 18.2 Å². The highest BCUT2D eigenvalue weighted by Crippen LogP contribution is 2.22. The number of anilines is 2. The summed E-state index contributed by atoms with van der Waals surface area (Å²) in [7, 11) is 0. The Kier molecular flexibility index (Phi) is 7.50. The van der Waals surface area contributed by atoms with Crippen molar-refractivity contribution in [1.82, 2.24) is 0 Å². The molecule has 0 saturated carbocycles. The van der Waals surface area contributed by atoms with Gasteiger partial charge in [0, 0.05) is 17.9 Å². The Bertz CT molecular complexity index is 996. The second-order valence-corrected chi connectivity index (χ2v) is 9.24. The zero-order chi connectivity index (χ0) is 24.2. The van der Waals surface area contributed by atoms with Gasteiger partial charge in [0.2, 0.25) is 11.8 Å². The monoisotopic (exact) mass is 453 g/mol. The highest BCUT2D eigenvalue weighted by molar-refractivity contribution is 5.96. The molecule has 1 aliphatic rings. The molecule has 0 spiro atoms. The lowest BCUT2D eigenvalue weighted by Gasteiger charge is -2.29. The fraction of sp³-hybridized carbons (Fsp3) is 0.400. The number of nitrogens with two attached hydrogens (primary N) is 1. The number of hydrogen-bond acceptors (Lipinski definition) is 6. The van der Waals surface area contributed by atoms with E-state index < -0.39 is 23.7 Å². The number of hydrogen-bond donors (Lipinski definition) is 3. The SMILES string of the molecule is CC(C)(C)OC(=O)c1ccc(NC(=O)[C@@H](N)Cc2ccc(N3CCC(O)CC3=O)cc2)cc1. The third-order valence-electron chi connectivity index (χ3n) is 5.22. The fourth-order valence-electron chi connectivity index (χ4n) is 3.51. The summed E-state index contributed by atoms with van der Waals surface area (Å²) in [6.45, 7) is 5.88. The third-order valence-corrected chi connectivity index (χ3v) is 5.22. The quantitative estimate of drug-likeness (QED) is 0.578. The normalized spacial score (nSPS) is 17.4. The largest absolute Gasteiger partial charge is 0.456 e. The van der Waals surface area contributed by atoms with Crippen molar-refractivity contribution in [3.05, 3.63) is 59.7 Å². The summed E-state index contributed by atoms with van der Waals surface area (Å²) >= 11 is 0. The minimum Gasteiger partial charge on any atom is -0.456 e. The molecule has 0 bridgehead atoms. The number of aliphatic hydroxyl groups is 1. The molecule has 1 fully saturated rings. The number of carbonyl (C=O) groups excluding carboxylic acids is 3. The highest BCUT2D eigenvalue weighted by atomic mass is 16.6. The molecule has 0 radical (unpaired) electrons. The standard InChI is InChI=1S/C25H31N3O5/c1-25(2,3)33-24(32)17-6-8-18(9-7-17)27-23(31)21(26)14-16-4-10-19(11-5-16)28-13-12-20(29)15-22(28)30/h4-11,20-21,29H,12-15,26H2,1-3H3,(H,27,31)/t20?,21-/m0/s1. The molecular weight excluding hydrogens is 422 g/mol. The van der Waals surface area contributed by atoms with Crippen LogP contribution in [0.3, 0.4) is 0 Å². The number of piperidine rings is 1. The van der Waals surface area contributed by atoms with Crippen molar-refractivity contribution >= 4 is 29.2 Å². The topological polar surface area (TPSA) is 122 Å². The summed E-state index contributed by atoms with van der Waals surface area (Å²) in [6, 6.07) is 13.0.